The van der Waals surface area contributed by atoms with Gasteiger partial charge < -0.3 is 16.0 Å². The lowest BCUT2D eigenvalue weighted by molar-refractivity contribution is -0.117. The number of benzene rings is 1. The lowest BCUT2D eigenvalue weighted by Crippen LogP contribution is -2.48. The van der Waals surface area contributed by atoms with E-state index in [1.165, 1.54) is 0 Å². The first-order chi connectivity index (χ1) is 7.24. The first kappa shape index (κ1) is 9.98. The van der Waals surface area contributed by atoms with Gasteiger partial charge in [-0.3, -0.25) is 4.79 Å². The number of para-hydroxylation sites is 2. The summed E-state index contributed by atoms with van der Waals surface area (Å²) in [6, 6.07) is 7.63. The highest BCUT2D eigenvalue weighted by Gasteiger charge is 2.28. The number of rotatable bonds is 2. The van der Waals surface area contributed by atoms with Crippen LogP contribution in [-0.4, -0.2) is 25.0 Å². The van der Waals surface area contributed by atoms with Crippen molar-refractivity contribution in [2.45, 2.75) is 13.0 Å². The van der Waals surface area contributed by atoms with Gasteiger partial charge in [0.2, 0.25) is 5.91 Å². The van der Waals surface area contributed by atoms with Crippen LogP contribution in [0.3, 0.4) is 0 Å². The second kappa shape index (κ2) is 3.90. The van der Waals surface area contributed by atoms with Crippen LogP contribution in [0.15, 0.2) is 24.3 Å². The highest BCUT2D eigenvalue weighted by atomic mass is 16.2. The van der Waals surface area contributed by atoms with Gasteiger partial charge in [-0.25, -0.2) is 0 Å². The molecule has 15 heavy (non-hydrogen) atoms. The summed E-state index contributed by atoms with van der Waals surface area (Å²) in [5.74, 6) is 0.0298. The van der Waals surface area contributed by atoms with Gasteiger partial charge >= 0.3 is 0 Å². The number of hydrogen-bond acceptors (Lipinski definition) is 3. The fraction of sp³-hybridized carbons (Fsp3) is 0.364. The predicted molar refractivity (Wildman–Crippen MR) is 60.9 cm³/mol. The molecule has 1 unspecified atom stereocenters. The smallest absolute Gasteiger partial charge is 0.246 e. The molecule has 1 amide bonds. The lowest BCUT2D eigenvalue weighted by Gasteiger charge is -2.35. The first-order valence-corrected chi connectivity index (χ1v) is 5.10. The number of nitrogens with two attached hydrogens (primary N) is 1. The fourth-order valence-corrected chi connectivity index (χ4v) is 1.87. The van der Waals surface area contributed by atoms with Gasteiger partial charge in [-0.05, 0) is 19.1 Å². The largest absolute Gasteiger partial charge is 0.357 e. The van der Waals surface area contributed by atoms with Gasteiger partial charge in [0.1, 0.15) is 6.04 Å². The van der Waals surface area contributed by atoms with Gasteiger partial charge in [0.15, 0.2) is 0 Å². The van der Waals surface area contributed by atoms with E-state index in [-0.39, 0.29) is 11.9 Å². The molecule has 0 radical (unpaired) electrons. The van der Waals surface area contributed by atoms with Crippen molar-refractivity contribution < 1.29 is 4.79 Å². The quantitative estimate of drug-likeness (QED) is 0.750. The summed E-state index contributed by atoms with van der Waals surface area (Å²) < 4.78 is 0. The Balaban J connectivity index is 2.40. The Labute approximate surface area is 89.1 Å². The zero-order chi connectivity index (χ0) is 10.8. The van der Waals surface area contributed by atoms with E-state index < -0.39 is 0 Å². The number of carbonyl (C=O) groups is 1. The zero-order valence-electron chi connectivity index (χ0n) is 8.73. The van der Waals surface area contributed by atoms with E-state index >= 15 is 0 Å². The Morgan fingerprint density at radius 3 is 2.93 bits per heavy atom. The van der Waals surface area contributed by atoms with E-state index in [0.717, 1.165) is 11.4 Å². The van der Waals surface area contributed by atoms with Gasteiger partial charge in [-0.1, -0.05) is 12.1 Å². The van der Waals surface area contributed by atoms with E-state index in [0.29, 0.717) is 13.1 Å². The van der Waals surface area contributed by atoms with Crippen molar-refractivity contribution in [2.75, 3.05) is 23.3 Å². The van der Waals surface area contributed by atoms with E-state index in [4.69, 9.17) is 5.73 Å². The standard InChI is InChI=1S/C11H15N3O/c1-8-11(15)13-9-4-2-3-5-10(9)14(8)7-6-12/h2-5,8H,6-7,12H2,1H3,(H,13,15). The maximum Gasteiger partial charge on any atom is 0.246 e. The normalized spacial score (nSPS) is 19.7. The van der Waals surface area contributed by atoms with E-state index in [2.05, 4.69) is 5.32 Å². The summed E-state index contributed by atoms with van der Waals surface area (Å²) in [4.78, 5) is 13.7. The molecule has 0 aromatic heterocycles. The van der Waals surface area contributed by atoms with Crippen LogP contribution in [0, 0.1) is 0 Å². The third-order valence-electron chi connectivity index (χ3n) is 2.69. The van der Waals surface area contributed by atoms with Crippen molar-refractivity contribution in [3.05, 3.63) is 24.3 Å². The molecule has 1 heterocycles. The summed E-state index contributed by atoms with van der Waals surface area (Å²) in [5, 5.41) is 2.88. The molecule has 0 spiro atoms. The van der Waals surface area contributed by atoms with Crippen molar-refractivity contribution in [1.82, 2.24) is 0 Å². The van der Waals surface area contributed by atoms with Gasteiger partial charge in [-0.15, -0.1) is 0 Å². The molecule has 1 atom stereocenters. The molecular formula is C11H15N3O. The minimum Gasteiger partial charge on any atom is -0.357 e. The summed E-state index contributed by atoms with van der Waals surface area (Å²) in [7, 11) is 0. The monoisotopic (exact) mass is 205 g/mol. The number of fused-ring (bicyclic) bond motifs is 1. The van der Waals surface area contributed by atoms with Crippen LogP contribution in [0.25, 0.3) is 0 Å². The molecule has 0 saturated carbocycles. The molecule has 4 nitrogen and oxygen atoms in total. The SMILES string of the molecule is CC1C(=O)Nc2ccccc2N1CCN. The molecule has 0 saturated heterocycles. The number of nitrogens with zero attached hydrogens (tertiary/aromatic N) is 1. The maximum absolute atomic E-state index is 11.6. The fourth-order valence-electron chi connectivity index (χ4n) is 1.87. The van der Waals surface area contributed by atoms with E-state index in [1.54, 1.807) is 0 Å². The highest BCUT2D eigenvalue weighted by molar-refractivity contribution is 6.03. The Hall–Kier alpha value is -1.55. The van der Waals surface area contributed by atoms with Crippen LogP contribution in [0.5, 0.6) is 0 Å². The average molecular weight is 205 g/mol. The molecule has 3 N–H and O–H groups in total. The van der Waals surface area contributed by atoms with Gasteiger partial charge in [0.25, 0.3) is 0 Å². The van der Waals surface area contributed by atoms with Crippen molar-refractivity contribution in [1.29, 1.82) is 0 Å². The molecule has 2 rings (SSSR count). The maximum atomic E-state index is 11.6. The van der Waals surface area contributed by atoms with Crippen molar-refractivity contribution in [2.24, 2.45) is 5.73 Å². The van der Waals surface area contributed by atoms with Crippen LogP contribution in [0.1, 0.15) is 6.92 Å². The molecule has 1 aromatic carbocycles. The molecule has 4 heteroatoms. The summed E-state index contributed by atoms with van der Waals surface area (Å²) >= 11 is 0. The van der Waals surface area contributed by atoms with Crippen molar-refractivity contribution in [3.8, 4) is 0 Å². The second-order valence-electron chi connectivity index (χ2n) is 3.66. The Kier molecular flexibility index (Phi) is 2.60. The summed E-state index contributed by atoms with van der Waals surface area (Å²) in [6.45, 7) is 3.14. The third kappa shape index (κ3) is 1.68. The number of anilines is 2. The van der Waals surface area contributed by atoms with Crippen molar-refractivity contribution in [3.63, 3.8) is 0 Å². The molecule has 1 aromatic rings. The molecule has 0 aliphatic carbocycles. The lowest BCUT2D eigenvalue weighted by atomic mass is 10.1. The van der Waals surface area contributed by atoms with Crippen molar-refractivity contribution >= 4 is 17.3 Å². The van der Waals surface area contributed by atoms with Gasteiger partial charge in [0.05, 0.1) is 11.4 Å². The Morgan fingerprint density at radius 2 is 2.20 bits per heavy atom. The summed E-state index contributed by atoms with van der Waals surface area (Å²) in [6.07, 6.45) is 0. The minimum absolute atomic E-state index is 0.0298. The number of amides is 1. The molecule has 0 fully saturated rings. The molecular weight excluding hydrogens is 190 g/mol. The topological polar surface area (TPSA) is 58.4 Å². The minimum atomic E-state index is -0.150. The van der Waals surface area contributed by atoms with Crippen LogP contribution < -0.4 is 16.0 Å². The van der Waals surface area contributed by atoms with Crippen LogP contribution >= 0.6 is 0 Å². The Morgan fingerprint density at radius 1 is 1.47 bits per heavy atom. The predicted octanol–water partition coefficient (Wildman–Crippen LogP) is 0.792. The number of hydrogen-bond donors (Lipinski definition) is 2. The van der Waals surface area contributed by atoms with E-state index in [9.17, 15) is 4.79 Å². The third-order valence-corrected chi connectivity index (χ3v) is 2.69. The average Bonchev–Trinajstić information content (AvgIpc) is 2.25. The zero-order valence-corrected chi connectivity index (χ0v) is 8.73. The summed E-state index contributed by atoms with van der Waals surface area (Å²) in [5.41, 5.74) is 7.47. The second-order valence-corrected chi connectivity index (χ2v) is 3.66. The Bertz CT molecular complexity index is 378. The van der Waals surface area contributed by atoms with E-state index in [1.807, 2.05) is 36.1 Å². The molecule has 80 valence electrons. The van der Waals surface area contributed by atoms with Crippen LogP contribution in [0.4, 0.5) is 11.4 Å². The molecule has 1 aliphatic heterocycles. The van der Waals surface area contributed by atoms with Crippen LogP contribution in [-0.2, 0) is 4.79 Å². The highest BCUT2D eigenvalue weighted by Crippen LogP contribution is 2.30. The van der Waals surface area contributed by atoms with Gasteiger partial charge in [-0.2, -0.15) is 0 Å². The number of carbonyl (C=O) groups excluding carboxylic acids is 1. The first-order valence-electron chi connectivity index (χ1n) is 5.10. The number of nitrogens with one attached hydrogen (secondary N) is 1. The van der Waals surface area contributed by atoms with Gasteiger partial charge in [0, 0.05) is 13.1 Å². The molecule has 1 aliphatic rings. The molecule has 0 bridgehead atoms. The van der Waals surface area contributed by atoms with Crippen LogP contribution in [0.2, 0.25) is 0 Å².